The van der Waals surface area contributed by atoms with Crippen molar-refractivity contribution in [2.24, 2.45) is 11.3 Å². The van der Waals surface area contributed by atoms with Gasteiger partial charge >= 0.3 is 0 Å². The Hall–Kier alpha value is -1.56. The Balaban J connectivity index is 1.78. The van der Waals surface area contributed by atoms with Crippen LogP contribution in [0.5, 0.6) is 11.5 Å². The van der Waals surface area contributed by atoms with Crippen LogP contribution in [0.3, 0.4) is 0 Å². The number of hydrogen-bond acceptors (Lipinski definition) is 5. The quantitative estimate of drug-likeness (QED) is 0.718. The lowest BCUT2D eigenvalue weighted by molar-refractivity contribution is -0.285. The lowest BCUT2D eigenvalue weighted by Gasteiger charge is -2.76. The Kier molecular flexibility index (Phi) is 3.88. The van der Waals surface area contributed by atoms with Crippen LogP contribution in [0.1, 0.15) is 64.0 Å². The molecule has 4 bridgehead atoms. The molecule has 7 rings (SSSR count). The third kappa shape index (κ3) is 1.82. The van der Waals surface area contributed by atoms with Crippen molar-refractivity contribution >= 4 is 0 Å². The maximum absolute atomic E-state index is 11.5. The van der Waals surface area contributed by atoms with Gasteiger partial charge in [0, 0.05) is 36.0 Å². The van der Waals surface area contributed by atoms with Gasteiger partial charge < -0.3 is 24.2 Å². The monoisotopic (exact) mass is 439 g/mol. The Morgan fingerprint density at radius 3 is 2.62 bits per heavy atom. The van der Waals surface area contributed by atoms with Gasteiger partial charge in [-0.2, -0.15) is 0 Å². The molecule has 32 heavy (non-hydrogen) atoms. The highest BCUT2D eigenvalue weighted by molar-refractivity contribution is 5.68. The molecule has 6 aliphatic rings. The van der Waals surface area contributed by atoms with E-state index in [2.05, 4.69) is 50.1 Å². The molecule has 7 atom stereocenters. The first-order chi connectivity index (χ1) is 15.1. The third-order valence-corrected chi connectivity index (χ3v) is 10.4. The first-order valence-electron chi connectivity index (χ1n) is 12.2. The minimum atomic E-state index is -0.907. The Morgan fingerprint density at radius 2 is 2.00 bits per heavy atom. The fourth-order valence-electron chi connectivity index (χ4n) is 9.37. The number of nitrogens with zero attached hydrogens (tertiary/aromatic N) is 1. The highest BCUT2D eigenvalue weighted by Gasteiger charge is 2.85. The Labute approximate surface area is 191 Å². The van der Waals surface area contributed by atoms with Crippen molar-refractivity contribution in [1.82, 2.24) is 4.90 Å². The highest BCUT2D eigenvalue weighted by atomic mass is 16.6. The van der Waals surface area contributed by atoms with Gasteiger partial charge in [-0.25, -0.2) is 0 Å². The molecule has 4 aliphatic carbocycles. The van der Waals surface area contributed by atoms with E-state index in [0.29, 0.717) is 12.0 Å². The fraction of sp³-hybridized carbons (Fsp3) is 0.704. The Morgan fingerprint density at radius 1 is 1.25 bits per heavy atom. The summed E-state index contributed by atoms with van der Waals surface area (Å²) in [4.78, 5) is 2.59. The van der Waals surface area contributed by atoms with E-state index in [4.69, 9.17) is 14.2 Å². The molecule has 0 radical (unpaired) electrons. The molecular formula is C27H37NO4. The van der Waals surface area contributed by atoms with Gasteiger partial charge in [0.05, 0.1) is 18.1 Å². The minimum Gasteiger partial charge on any atom is -0.493 e. The summed E-state index contributed by atoms with van der Waals surface area (Å²) in [6, 6.07) is 4.73. The van der Waals surface area contributed by atoms with Gasteiger partial charge in [0.25, 0.3) is 0 Å². The standard InChI is InChI=1S/C27H37NO4/c1-8-16-17-9-10-18(30-6)21-20(17)26-13-14-28(5)22(16)25(26)11-12-27(31-7,24(26,4)32-21)19(15-25)23(2,3)29/h9-12,16,19,22,29H,8,13-15H2,1-7H3/t16-,19+,22-,24-,25-,26+,27-/m1/s1. The lowest BCUT2D eigenvalue weighted by Crippen LogP contribution is -2.85. The van der Waals surface area contributed by atoms with Gasteiger partial charge in [-0.05, 0) is 65.3 Å². The molecule has 0 aromatic heterocycles. The molecule has 0 amide bonds. The van der Waals surface area contributed by atoms with Crippen molar-refractivity contribution in [2.75, 3.05) is 27.8 Å². The zero-order chi connectivity index (χ0) is 22.9. The average molecular weight is 440 g/mol. The number of fused-ring (bicyclic) bond motifs is 1. The van der Waals surface area contributed by atoms with Crippen molar-refractivity contribution in [3.63, 3.8) is 0 Å². The molecule has 1 saturated carbocycles. The van der Waals surface area contributed by atoms with Crippen LogP contribution >= 0.6 is 0 Å². The molecule has 5 heteroatoms. The van der Waals surface area contributed by atoms with Gasteiger partial charge in [0.15, 0.2) is 11.5 Å². The van der Waals surface area contributed by atoms with Gasteiger partial charge in [0.2, 0.25) is 0 Å². The van der Waals surface area contributed by atoms with Crippen LogP contribution in [0.25, 0.3) is 0 Å². The van der Waals surface area contributed by atoms with E-state index in [1.807, 2.05) is 13.8 Å². The van der Waals surface area contributed by atoms with Crippen molar-refractivity contribution in [3.8, 4) is 11.5 Å². The number of likely N-dealkylation sites (tertiary alicyclic amines) is 1. The van der Waals surface area contributed by atoms with E-state index in [1.165, 1.54) is 11.1 Å². The van der Waals surface area contributed by atoms with Crippen molar-refractivity contribution in [2.45, 2.75) is 81.1 Å². The summed E-state index contributed by atoms with van der Waals surface area (Å²) in [6.07, 6.45) is 7.71. The summed E-state index contributed by atoms with van der Waals surface area (Å²) in [5, 5.41) is 11.5. The van der Waals surface area contributed by atoms with Crippen LogP contribution in [0.4, 0.5) is 0 Å². The van der Waals surface area contributed by atoms with Gasteiger partial charge in [-0.3, -0.25) is 0 Å². The summed E-state index contributed by atoms with van der Waals surface area (Å²) >= 11 is 0. The summed E-state index contributed by atoms with van der Waals surface area (Å²) in [6.45, 7) is 9.47. The third-order valence-electron chi connectivity index (χ3n) is 10.4. The maximum atomic E-state index is 11.5. The van der Waals surface area contributed by atoms with E-state index >= 15 is 0 Å². The molecule has 174 valence electrons. The topological polar surface area (TPSA) is 51.2 Å². The molecule has 2 spiro atoms. The van der Waals surface area contributed by atoms with Crippen LogP contribution < -0.4 is 9.47 Å². The summed E-state index contributed by atoms with van der Waals surface area (Å²) < 4.78 is 19.5. The van der Waals surface area contributed by atoms with E-state index in [1.54, 1.807) is 14.2 Å². The number of piperidine rings is 1. The maximum Gasteiger partial charge on any atom is 0.166 e. The summed E-state index contributed by atoms with van der Waals surface area (Å²) in [5.41, 5.74) is 0.149. The number of rotatable bonds is 4. The van der Waals surface area contributed by atoms with E-state index < -0.39 is 16.8 Å². The van der Waals surface area contributed by atoms with Crippen LogP contribution in [0.2, 0.25) is 0 Å². The number of hydrogen-bond donors (Lipinski definition) is 1. The average Bonchev–Trinajstić information content (AvgIpc) is 3.05. The van der Waals surface area contributed by atoms with Crippen LogP contribution in [0, 0.1) is 11.3 Å². The number of benzene rings is 1. The first-order valence-corrected chi connectivity index (χ1v) is 12.2. The molecular weight excluding hydrogens is 402 g/mol. The molecule has 1 aromatic rings. The molecule has 2 fully saturated rings. The lowest BCUT2D eigenvalue weighted by atomic mass is 9.31. The molecule has 5 nitrogen and oxygen atoms in total. The number of aliphatic hydroxyl groups is 1. The molecule has 2 aliphatic heterocycles. The molecule has 2 heterocycles. The number of ether oxygens (including phenoxy) is 3. The predicted molar refractivity (Wildman–Crippen MR) is 123 cm³/mol. The van der Waals surface area contributed by atoms with Gasteiger partial charge in [-0.15, -0.1) is 0 Å². The molecule has 1 N–H and O–H groups in total. The van der Waals surface area contributed by atoms with E-state index in [-0.39, 0.29) is 16.7 Å². The molecule has 1 aromatic carbocycles. The highest BCUT2D eigenvalue weighted by Crippen LogP contribution is 2.80. The zero-order valence-corrected chi connectivity index (χ0v) is 20.5. The van der Waals surface area contributed by atoms with Crippen molar-refractivity contribution < 1.29 is 19.3 Å². The summed E-state index contributed by atoms with van der Waals surface area (Å²) in [5.74, 6) is 2.03. The largest absolute Gasteiger partial charge is 0.493 e. The second-order valence-corrected chi connectivity index (χ2v) is 11.6. The fourth-order valence-corrected chi connectivity index (χ4v) is 9.37. The predicted octanol–water partition coefficient (Wildman–Crippen LogP) is 4.03. The van der Waals surface area contributed by atoms with Crippen molar-refractivity contribution in [3.05, 3.63) is 35.4 Å². The number of methoxy groups -OCH3 is 2. The summed E-state index contributed by atoms with van der Waals surface area (Å²) in [7, 11) is 5.81. The van der Waals surface area contributed by atoms with Crippen LogP contribution in [0.15, 0.2) is 24.3 Å². The zero-order valence-electron chi connectivity index (χ0n) is 20.5. The molecule has 1 saturated heterocycles. The minimum absolute atomic E-state index is 0.0866. The van der Waals surface area contributed by atoms with Crippen LogP contribution in [-0.2, 0) is 10.2 Å². The van der Waals surface area contributed by atoms with Crippen molar-refractivity contribution in [1.29, 1.82) is 0 Å². The van der Waals surface area contributed by atoms with Crippen LogP contribution in [-0.4, -0.2) is 60.7 Å². The smallest absolute Gasteiger partial charge is 0.166 e. The second-order valence-electron chi connectivity index (χ2n) is 11.6. The van der Waals surface area contributed by atoms with E-state index in [9.17, 15) is 5.11 Å². The van der Waals surface area contributed by atoms with Gasteiger partial charge in [-0.1, -0.05) is 25.1 Å². The SMILES string of the molecule is CC[C@@H]1c2ccc(OC)c3c2[C@]24CCN(C)[C@H]1[C@]21C=C[C@@](OC)([C@H](C(C)(C)O)C1)[C@]4(C)O3. The number of likely N-dealkylation sites (N-methyl/N-ethyl adjacent to an activating group) is 1. The normalized spacial score (nSPS) is 45.6. The molecule has 0 unspecified atom stereocenters. The second kappa shape index (κ2) is 5.92. The Bertz CT molecular complexity index is 1030. The van der Waals surface area contributed by atoms with E-state index in [0.717, 1.165) is 37.3 Å². The first kappa shape index (κ1) is 21.0. The van der Waals surface area contributed by atoms with Gasteiger partial charge in [0.1, 0.15) is 11.2 Å².